The standard InChI is InChI=1S/C12H23N3O/c1-4-5-7-16-8-6-15-10-14-9-11(15)12(2,3)13/h9-10H,4-8,13H2,1-3H3. The summed E-state index contributed by atoms with van der Waals surface area (Å²) in [6.07, 6.45) is 5.94. The van der Waals surface area contributed by atoms with E-state index in [0.29, 0.717) is 0 Å². The molecule has 0 radical (unpaired) electrons. The molecule has 4 nitrogen and oxygen atoms in total. The van der Waals surface area contributed by atoms with Crippen LogP contribution in [0, 0.1) is 0 Å². The van der Waals surface area contributed by atoms with Crippen molar-refractivity contribution < 1.29 is 4.74 Å². The van der Waals surface area contributed by atoms with E-state index in [9.17, 15) is 0 Å². The third kappa shape index (κ3) is 3.94. The molecule has 0 fully saturated rings. The zero-order chi connectivity index (χ0) is 12.0. The first-order valence-electron chi connectivity index (χ1n) is 5.93. The molecule has 1 aromatic rings. The van der Waals surface area contributed by atoms with Crippen LogP contribution < -0.4 is 5.73 Å². The largest absolute Gasteiger partial charge is 0.380 e. The second-order valence-corrected chi connectivity index (χ2v) is 4.66. The van der Waals surface area contributed by atoms with E-state index in [1.807, 2.05) is 26.4 Å². The minimum atomic E-state index is -0.347. The summed E-state index contributed by atoms with van der Waals surface area (Å²) in [4.78, 5) is 4.13. The van der Waals surface area contributed by atoms with E-state index < -0.39 is 0 Å². The summed E-state index contributed by atoms with van der Waals surface area (Å²) in [7, 11) is 0. The van der Waals surface area contributed by atoms with Gasteiger partial charge in [0.25, 0.3) is 0 Å². The predicted molar refractivity (Wildman–Crippen MR) is 65.2 cm³/mol. The van der Waals surface area contributed by atoms with Crippen LogP contribution in [-0.2, 0) is 16.8 Å². The fourth-order valence-electron chi connectivity index (χ4n) is 1.55. The van der Waals surface area contributed by atoms with E-state index in [-0.39, 0.29) is 5.54 Å². The van der Waals surface area contributed by atoms with E-state index in [4.69, 9.17) is 10.5 Å². The first-order chi connectivity index (χ1) is 7.55. The van der Waals surface area contributed by atoms with Crippen molar-refractivity contribution in [3.05, 3.63) is 18.2 Å². The molecule has 1 rings (SSSR count). The van der Waals surface area contributed by atoms with Crippen LogP contribution in [0.2, 0.25) is 0 Å². The number of nitrogens with two attached hydrogens (primary N) is 1. The molecule has 0 aliphatic rings. The average Bonchev–Trinajstić information content (AvgIpc) is 2.65. The normalized spacial score (nSPS) is 12.0. The topological polar surface area (TPSA) is 53.1 Å². The number of hydrogen-bond acceptors (Lipinski definition) is 3. The maximum absolute atomic E-state index is 6.05. The lowest BCUT2D eigenvalue weighted by molar-refractivity contribution is 0.122. The molecule has 1 aromatic heterocycles. The van der Waals surface area contributed by atoms with Crippen molar-refractivity contribution >= 4 is 0 Å². The second kappa shape index (κ2) is 6.01. The molecule has 0 atom stereocenters. The Morgan fingerprint density at radius 1 is 1.44 bits per heavy atom. The number of ether oxygens (including phenoxy) is 1. The number of aromatic nitrogens is 2. The van der Waals surface area contributed by atoms with Gasteiger partial charge in [0.05, 0.1) is 24.2 Å². The van der Waals surface area contributed by atoms with Crippen molar-refractivity contribution in [2.75, 3.05) is 13.2 Å². The van der Waals surface area contributed by atoms with E-state index in [1.54, 1.807) is 0 Å². The van der Waals surface area contributed by atoms with Crippen molar-refractivity contribution in [2.24, 2.45) is 5.73 Å². The van der Waals surface area contributed by atoms with Gasteiger partial charge in [-0.25, -0.2) is 4.98 Å². The Balaban J connectivity index is 2.40. The van der Waals surface area contributed by atoms with Gasteiger partial charge in [0.2, 0.25) is 0 Å². The summed E-state index contributed by atoms with van der Waals surface area (Å²) in [5, 5.41) is 0. The van der Waals surface area contributed by atoms with Gasteiger partial charge in [0.1, 0.15) is 0 Å². The van der Waals surface area contributed by atoms with Crippen LogP contribution in [0.25, 0.3) is 0 Å². The summed E-state index contributed by atoms with van der Waals surface area (Å²) in [6.45, 7) is 8.51. The molecule has 0 unspecified atom stereocenters. The minimum Gasteiger partial charge on any atom is -0.380 e. The van der Waals surface area contributed by atoms with Crippen LogP contribution in [0.4, 0.5) is 0 Å². The molecule has 0 saturated heterocycles. The molecule has 0 aliphatic heterocycles. The highest BCUT2D eigenvalue weighted by Gasteiger charge is 2.18. The Bertz CT molecular complexity index is 301. The number of unbranched alkanes of at least 4 members (excludes halogenated alkanes) is 1. The van der Waals surface area contributed by atoms with Gasteiger partial charge in [-0.2, -0.15) is 0 Å². The Kier molecular flexibility index (Phi) is 4.96. The molecular formula is C12H23N3O. The number of hydrogen-bond donors (Lipinski definition) is 1. The zero-order valence-corrected chi connectivity index (χ0v) is 10.6. The van der Waals surface area contributed by atoms with Gasteiger partial charge < -0.3 is 15.0 Å². The SMILES string of the molecule is CCCCOCCn1cncc1C(C)(C)N. The van der Waals surface area contributed by atoms with Crippen molar-refractivity contribution in [3.63, 3.8) is 0 Å². The molecule has 4 heteroatoms. The molecule has 0 aliphatic carbocycles. The highest BCUT2D eigenvalue weighted by molar-refractivity contribution is 5.09. The lowest BCUT2D eigenvalue weighted by Gasteiger charge is -2.20. The summed E-state index contributed by atoms with van der Waals surface area (Å²) in [6, 6.07) is 0. The molecule has 1 heterocycles. The van der Waals surface area contributed by atoms with Crippen LogP contribution >= 0.6 is 0 Å². The van der Waals surface area contributed by atoms with Gasteiger partial charge in [-0.1, -0.05) is 13.3 Å². The lowest BCUT2D eigenvalue weighted by Crippen LogP contribution is -2.32. The second-order valence-electron chi connectivity index (χ2n) is 4.66. The maximum Gasteiger partial charge on any atom is 0.0949 e. The Labute approximate surface area is 97.8 Å². The predicted octanol–water partition coefficient (Wildman–Crippen LogP) is 1.89. The summed E-state index contributed by atoms with van der Waals surface area (Å²) < 4.78 is 7.59. The molecule has 0 saturated carbocycles. The molecule has 92 valence electrons. The van der Waals surface area contributed by atoms with E-state index >= 15 is 0 Å². The highest BCUT2D eigenvalue weighted by atomic mass is 16.5. The van der Waals surface area contributed by atoms with Crippen LogP contribution in [0.3, 0.4) is 0 Å². The van der Waals surface area contributed by atoms with Crippen LogP contribution in [0.15, 0.2) is 12.5 Å². The number of rotatable bonds is 7. The van der Waals surface area contributed by atoms with Gasteiger partial charge in [-0.15, -0.1) is 0 Å². The van der Waals surface area contributed by atoms with Crippen LogP contribution in [0.5, 0.6) is 0 Å². The maximum atomic E-state index is 6.05. The first-order valence-corrected chi connectivity index (χ1v) is 5.93. The summed E-state index contributed by atoms with van der Waals surface area (Å²) >= 11 is 0. The van der Waals surface area contributed by atoms with Crippen LogP contribution in [0.1, 0.15) is 39.3 Å². The Morgan fingerprint density at radius 3 is 2.81 bits per heavy atom. The first kappa shape index (κ1) is 13.2. The van der Waals surface area contributed by atoms with Crippen molar-refractivity contribution in [1.82, 2.24) is 9.55 Å². The van der Waals surface area contributed by atoms with Crippen molar-refractivity contribution in [3.8, 4) is 0 Å². The smallest absolute Gasteiger partial charge is 0.0949 e. The number of imidazole rings is 1. The van der Waals surface area contributed by atoms with Gasteiger partial charge in [0, 0.05) is 19.3 Å². The highest BCUT2D eigenvalue weighted by Crippen LogP contribution is 2.15. The molecule has 0 bridgehead atoms. The lowest BCUT2D eigenvalue weighted by atomic mass is 10.0. The van der Waals surface area contributed by atoms with Crippen LogP contribution in [-0.4, -0.2) is 22.8 Å². The van der Waals surface area contributed by atoms with Gasteiger partial charge >= 0.3 is 0 Å². The van der Waals surface area contributed by atoms with Crippen molar-refractivity contribution in [1.29, 1.82) is 0 Å². The molecular weight excluding hydrogens is 202 g/mol. The van der Waals surface area contributed by atoms with Gasteiger partial charge in [-0.05, 0) is 20.3 Å². The Morgan fingerprint density at radius 2 is 2.19 bits per heavy atom. The summed E-state index contributed by atoms with van der Waals surface area (Å²) in [5.41, 5.74) is 6.75. The third-order valence-electron chi connectivity index (χ3n) is 2.49. The van der Waals surface area contributed by atoms with E-state index in [0.717, 1.165) is 31.9 Å². The van der Waals surface area contributed by atoms with Gasteiger partial charge in [0.15, 0.2) is 0 Å². The van der Waals surface area contributed by atoms with E-state index in [2.05, 4.69) is 16.5 Å². The fraction of sp³-hybridized carbons (Fsp3) is 0.750. The molecule has 2 N–H and O–H groups in total. The minimum absolute atomic E-state index is 0.347. The molecule has 0 aromatic carbocycles. The quantitative estimate of drug-likeness (QED) is 0.721. The average molecular weight is 225 g/mol. The van der Waals surface area contributed by atoms with E-state index in [1.165, 1.54) is 6.42 Å². The molecule has 0 spiro atoms. The fourth-order valence-corrected chi connectivity index (χ4v) is 1.55. The third-order valence-corrected chi connectivity index (χ3v) is 2.49. The number of nitrogens with zero attached hydrogens (tertiary/aromatic N) is 2. The zero-order valence-electron chi connectivity index (χ0n) is 10.6. The van der Waals surface area contributed by atoms with Crippen molar-refractivity contribution in [2.45, 2.75) is 45.7 Å². The Hall–Kier alpha value is -0.870. The van der Waals surface area contributed by atoms with Gasteiger partial charge in [-0.3, -0.25) is 0 Å². The summed E-state index contributed by atoms with van der Waals surface area (Å²) in [5.74, 6) is 0. The molecule has 16 heavy (non-hydrogen) atoms. The monoisotopic (exact) mass is 225 g/mol. The molecule has 0 amide bonds.